The predicted octanol–water partition coefficient (Wildman–Crippen LogP) is 3.88. The van der Waals surface area contributed by atoms with Crippen LogP contribution in [0.15, 0.2) is 72.8 Å². The van der Waals surface area contributed by atoms with E-state index in [1.165, 1.54) is 15.9 Å². The highest BCUT2D eigenvalue weighted by atomic mass is 32.2. The molecule has 1 N–H and O–H groups in total. The predicted molar refractivity (Wildman–Crippen MR) is 122 cm³/mol. The van der Waals surface area contributed by atoms with Crippen LogP contribution in [-0.2, 0) is 19.3 Å². The van der Waals surface area contributed by atoms with E-state index in [-0.39, 0.29) is 18.0 Å². The van der Waals surface area contributed by atoms with Crippen molar-refractivity contribution in [3.8, 4) is 0 Å². The highest BCUT2D eigenvalue weighted by Crippen LogP contribution is 2.55. The average Bonchev–Trinajstić information content (AvgIpc) is 3.27. The minimum atomic E-state index is -1.51. The van der Waals surface area contributed by atoms with Gasteiger partial charge in [-0.3, -0.25) is 24.2 Å². The van der Waals surface area contributed by atoms with Crippen molar-refractivity contribution >= 4 is 46.5 Å². The SMILES string of the molecule is O=C(CN1C(=O)C2(SCC(=O)N2c2ccc(F)c(F)c2)c2ccccc21)Nc1ccccc1. The average molecular weight is 465 g/mol. The van der Waals surface area contributed by atoms with Crippen molar-refractivity contribution in [2.75, 3.05) is 27.4 Å². The molecular formula is C24H17F2N3O3S. The molecule has 3 aromatic carbocycles. The number of fused-ring (bicyclic) bond motifs is 2. The first-order valence-corrected chi connectivity index (χ1v) is 11.1. The van der Waals surface area contributed by atoms with Crippen molar-refractivity contribution in [2.24, 2.45) is 0 Å². The van der Waals surface area contributed by atoms with Gasteiger partial charge in [-0.2, -0.15) is 0 Å². The van der Waals surface area contributed by atoms with Gasteiger partial charge in [0, 0.05) is 23.0 Å². The quantitative estimate of drug-likeness (QED) is 0.635. The summed E-state index contributed by atoms with van der Waals surface area (Å²) in [4.78, 5) is 40.5. The van der Waals surface area contributed by atoms with Crippen LogP contribution in [-0.4, -0.2) is 30.0 Å². The van der Waals surface area contributed by atoms with Gasteiger partial charge in [-0.05, 0) is 30.3 Å². The van der Waals surface area contributed by atoms with E-state index in [2.05, 4.69) is 5.32 Å². The summed E-state index contributed by atoms with van der Waals surface area (Å²) in [6, 6.07) is 18.8. The van der Waals surface area contributed by atoms with Gasteiger partial charge >= 0.3 is 0 Å². The van der Waals surface area contributed by atoms with Gasteiger partial charge in [0.05, 0.1) is 11.4 Å². The number of carbonyl (C=O) groups is 3. The van der Waals surface area contributed by atoms with E-state index < -0.39 is 34.2 Å². The van der Waals surface area contributed by atoms with Crippen LogP contribution in [0.1, 0.15) is 5.56 Å². The van der Waals surface area contributed by atoms with Gasteiger partial charge in [0.2, 0.25) is 16.7 Å². The standard InChI is InChI=1S/C24H17F2N3O3S/c25-18-11-10-16(12-19(18)26)29-22(31)14-33-24(29)17-8-4-5-9-20(17)28(23(24)32)13-21(30)27-15-6-2-1-3-7-15/h1-12H,13-14H2,(H,27,30). The maximum absolute atomic E-state index is 14.0. The van der Waals surface area contributed by atoms with Crippen LogP contribution in [0, 0.1) is 11.6 Å². The van der Waals surface area contributed by atoms with Gasteiger partial charge in [-0.1, -0.05) is 36.4 Å². The summed E-state index contributed by atoms with van der Waals surface area (Å²) in [5.74, 6) is -3.51. The number of nitrogens with zero attached hydrogens (tertiary/aromatic N) is 2. The molecule has 6 nitrogen and oxygen atoms in total. The Morgan fingerprint density at radius 3 is 2.45 bits per heavy atom. The molecule has 5 rings (SSSR count). The van der Waals surface area contributed by atoms with Crippen molar-refractivity contribution in [1.29, 1.82) is 0 Å². The lowest BCUT2D eigenvalue weighted by molar-refractivity contribution is -0.124. The van der Waals surface area contributed by atoms with E-state index in [0.29, 0.717) is 16.9 Å². The minimum Gasteiger partial charge on any atom is -0.325 e. The van der Waals surface area contributed by atoms with Gasteiger partial charge in [0.1, 0.15) is 6.54 Å². The first-order valence-electron chi connectivity index (χ1n) is 10.1. The van der Waals surface area contributed by atoms with Crippen LogP contribution in [0.3, 0.4) is 0 Å². The van der Waals surface area contributed by atoms with Gasteiger partial charge in [0.25, 0.3) is 5.91 Å². The van der Waals surface area contributed by atoms with Crippen molar-refractivity contribution in [2.45, 2.75) is 4.87 Å². The summed E-state index contributed by atoms with van der Waals surface area (Å²) >= 11 is 1.10. The topological polar surface area (TPSA) is 69.7 Å². The first kappa shape index (κ1) is 21.1. The Kier molecular flexibility index (Phi) is 5.13. The van der Waals surface area contributed by atoms with E-state index >= 15 is 0 Å². The molecular weight excluding hydrogens is 448 g/mol. The molecule has 2 aliphatic heterocycles. The smallest absolute Gasteiger partial charge is 0.269 e. The number of amides is 3. The van der Waals surface area contributed by atoms with Crippen LogP contribution in [0.5, 0.6) is 0 Å². The van der Waals surface area contributed by atoms with Crippen molar-refractivity contribution < 1.29 is 23.2 Å². The Bertz CT molecular complexity index is 1290. The van der Waals surface area contributed by atoms with Gasteiger partial charge in [-0.25, -0.2) is 8.78 Å². The fourth-order valence-electron chi connectivity index (χ4n) is 4.20. The minimum absolute atomic E-state index is 0.0247. The summed E-state index contributed by atoms with van der Waals surface area (Å²) in [7, 11) is 0. The second-order valence-corrected chi connectivity index (χ2v) is 8.75. The zero-order valence-corrected chi connectivity index (χ0v) is 17.9. The van der Waals surface area contributed by atoms with Gasteiger partial charge in [-0.15, -0.1) is 11.8 Å². The molecule has 1 atom stereocenters. The Hall–Kier alpha value is -3.72. The molecule has 33 heavy (non-hydrogen) atoms. The summed E-state index contributed by atoms with van der Waals surface area (Å²) < 4.78 is 27.6. The maximum atomic E-state index is 14.0. The third-order valence-corrected chi connectivity index (χ3v) is 6.97. The fraction of sp³-hybridized carbons (Fsp3) is 0.125. The number of para-hydroxylation sites is 2. The molecule has 0 aliphatic carbocycles. The van der Waals surface area contributed by atoms with Crippen molar-refractivity contribution in [3.63, 3.8) is 0 Å². The molecule has 2 aliphatic rings. The molecule has 3 aromatic rings. The van der Waals surface area contributed by atoms with Crippen LogP contribution in [0.25, 0.3) is 0 Å². The third-order valence-electron chi connectivity index (χ3n) is 5.58. The zero-order valence-electron chi connectivity index (χ0n) is 17.1. The Labute approximate surface area is 192 Å². The summed E-state index contributed by atoms with van der Waals surface area (Å²) in [5.41, 5.74) is 1.66. The number of benzene rings is 3. The van der Waals surface area contributed by atoms with E-state index in [9.17, 15) is 23.2 Å². The molecule has 1 saturated heterocycles. The highest BCUT2D eigenvalue weighted by molar-refractivity contribution is 8.02. The Morgan fingerprint density at radius 1 is 0.970 bits per heavy atom. The first-order chi connectivity index (χ1) is 15.9. The Morgan fingerprint density at radius 2 is 1.70 bits per heavy atom. The molecule has 0 aromatic heterocycles. The molecule has 1 spiro atoms. The third kappa shape index (κ3) is 3.36. The van der Waals surface area contributed by atoms with Crippen molar-refractivity contribution in [1.82, 2.24) is 0 Å². The van der Waals surface area contributed by atoms with Crippen LogP contribution in [0.2, 0.25) is 0 Å². The monoisotopic (exact) mass is 465 g/mol. The summed E-state index contributed by atoms with van der Waals surface area (Å²) in [5, 5.41) is 2.75. The lowest BCUT2D eigenvalue weighted by Gasteiger charge is -2.33. The van der Waals surface area contributed by atoms with Crippen LogP contribution in [0.4, 0.5) is 25.8 Å². The maximum Gasteiger partial charge on any atom is 0.269 e. The lowest BCUT2D eigenvalue weighted by atomic mass is 10.0. The molecule has 2 heterocycles. The summed E-state index contributed by atoms with van der Waals surface area (Å²) in [6.45, 7) is -0.271. The van der Waals surface area contributed by atoms with Crippen molar-refractivity contribution in [3.05, 3.63) is 90.0 Å². The number of rotatable bonds is 4. The molecule has 0 saturated carbocycles. The van der Waals surface area contributed by atoms with E-state index in [1.54, 1.807) is 48.5 Å². The zero-order chi connectivity index (χ0) is 23.2. The lowest BCUT2D eigenvalue weighted by Crippen LogP contribution is -2.51. The van der Waals surface area contributed by atoms with E-state index in [1.807, 2.05) is 6.07 Å². The van der Waals surface area contributed by atoms with Gasteiger partial charge in [0.15, 0.2) is 11.6 Å². The van der Waals surface area contributed by atoms with Gasteiger partial charge < -0.3 is 5.32 Å². The summed E-state index contributed by atoms with van der Waals surface area (Å²) in [6.07, 6.45) is 0. The molecule has 9 heteroatoms. The second kappa shape index (κ2) is 8.00. The number of nitrogens with one attached hydrogen (secondary N) is 1. The molecule has 3 amide bonds. The number of halogens is 2. The number of hydrogen-bond acceptors (Lipinski definition) is 4. The Balaban J connectivity index is 1.54. The number of hydrogen-bond donors (Lipinski definition) is 1. The highest BCUT2D eigenvalue weighted by Gasteiger charge is 2.61. The number of carbonyl (C=O) groups excluding carboxylic acids is 3. The van der Waals surface area contributed by atoms with Crippen LogP contribution < -0.4 is 15.1 Å². The molecule has 166 valence electrons. The second-order valence-electron chi connectivity index (χ2n) is 7.58. The van der Waals surface area contributed by atoms with E-state index in [4.69, 9.17) is 0 Å². The fourth-order valence-corrected chi connectivity index (χ4v) is 5.56. The largest absolute Gasteiger partial charge is 0.325 e. The number of anilines is 3. The molecule has 1 unspecified atom stereocenters. The normalized spacial score (nSPS) is 19.3. The molecule has 0 radical (unpaired) electrons. The number of thioether (sulfide) groups is 1. The van der Waals surface area contributed by atoms with E-state index in [0.717, 1.165) is 23.9 Å². The molecule has 0 bridgehead atoms. The molecule has 1 fully saturated rings. The van der Waals surface area contributed by atoms with Crippen LogP contribution >= 0.6 is 11.8 Å².